The van der Waals surface area contributed by atoms with E-state index >= 15 is 0 Å². The lowest BCUT2D eigenvalue weighted by molar-refractivity contribution is 0.0522. The molecule has 1 aliphatic heterocycles. The summed E-state index contributed by atoms with van der Waals surface area (Å²) in [5, 5.41) is 0.183. The third-order valence-electron chi connectivity index (χ3n) is 6.66. The summed E-state index contributed by atoms with van der Waals surface area (Å²) >= 11 is 6.59. The van der Waals surface area contributed by atoms with Gasteiger partial charge in [0.2, 0.25) is 5.43 Å². The number of hydrogen-bond acceptors (Lipinski definition) is 7. The van der Waals surface area contributed by atoms with Gasteiger partial charge in [0.25, 0.3) is 0 Å². The largest absolute Gasteiger partial charge is 0.490 e. The van der Waals surface area contributed by atoms with Crippen LogP contribution in [0.4, 0.5) is 0 Å². The summed E-state index contributed by atoms with van der Waals surface area (Å²) in [6, 6.07) is 11.3. The maximum atomic E-state index is 13.8. The number of carbonyl (C=O) groups excluding carboxylic acids is 1. The Morgan fingerprint density at radius 1 is 1.15 bits per heavy atom. The van der Waals surface area contributed by atoms with Gasteiger partial charge in [0, 0.05) is 32.4 Å². The lowest BCUT2D eigenvalue weighted by Crippen LogP contribution is -2.34. The van der Waals surface area contributed by atoms with Crippen molar-refractivity contribution < 1.29 is 23.7 Å². The Balaban J connectivity index is 1.90. The number of fused-ring (bicyclic) bond motifs is 3. The van der Waals surface area contributed by atoms with Crippen molar-refractivity contribution in [3.8, 4) is 22.9 Å². The number of pyridine rings is 2. The quantitative estimate of drug-likeness (QED) is 0.176. The van der Waals surface area contributed by atoms with Gasteiger partial charge in [-0.1, -0.05) is 62.7 Å². The second-order valence-corrected chi connectivity index (χ2v) is 10.9. The molecule has 0 amide bonds. The van der Waals surface area contributed by atoms with Gasteiger partial charge in [-0.05, 0) is 36.0 Å². The van der Waals surface area contributed by atoms with Crippen LogP contribution in [0, 0.1) is 5.41 Å². The van der Waals surface area contributed by atoms with Crippen LogP contribution in [0.3, 0.4) is 0 Å². The molecule has 1 aromatic carbocycles. The number of methoxy groups -OCH3 is 1. The highest BCUT2D eigenvalue weighted by Gasteiger charge is 2.37. The molecule has 2 aromatic heterocycles. The van der Waals surface area contributed by atoms with Gasteiger partial charge < -0.3 is 23.5 Å². The SMILES string of the molecule is CCOC(=O)c1cn2c(c(OCc3ccccc3)c1=O)-c1nc(Cl)c(OCCCOC)cc1CC2C(C)(C)C. The molecular weight excluding hydrogens is 520 g/mol. The summed E-state index contributed by atoms with van der Waals surface area (Å²) in [6.45, 7) is 9.34. The smallest absolute Gasteiger partial charge is 0.343 e. The van der Waals surface area contributed by atoms with E-state index in [-0.39, 0.29) is 41.1 Å². The third kappa shape index (κ3) is 6.28. The molecule has 0 saturated carbocycles. The van der Waals surface area contributed by atoms with Gasteiger partial charge in [-0.25, -0.2) is 9.78 Å². The van der Waals surface area contributed by atoms with E-state index < -0.39 is 11.4 Å². The van der Waals surface area contributed by atoms with Crippen molar-refractivity contribution in [2.24, 2.45) is 5.41 Å². The van der Waals surface area contributed by atoms with E-state index in [0.717, 1.165) is 11.1 Å². The average Bonchev–Trinajstić information content (AvgIpc) is 2.90. The van der Waals surface area contributed by atoms with Crippen LogP contribution in [0.5, 0.6) is 11.5 Å². The van der Waals surface area contributed by atoms with Crippen molar-refractivity contribution in [3.63, 3.8) is 0 Å². The van der Waals surface area contributed by atoms with E-state index in [1.807, 2.05) is 41.0 Å². The van der Waals surface area contributed by atoms with Crippen molar-refractivity contribution in [3.05, 3.63) is 74.7 Å². The lowest BCUT2D eigenvalue weighted by atomic mass is 9.79. The monoisotopic (exact) mass is 554 g/mol. The van der Waals surface area contributed by atoms with E-state index in [9.17, 15) is 9.59 Å². The molecule has 0 radical (unpaired) electrons. The van der Waals surface area contributed by atoms with Crippen LogP contribution in [-0.2, 0) is 22.5 Å². The lowest BCUT2D eigenvalue weighted by Gasteiger charge is -2.39. The van der Waals surface area contributed by atoms with Crippen LogP contribution in [0.2, 0.25) is 5.15 Å². The number of nitrogens with zero attached hydrogens (tertiary/aromatic N) is 2. The maximum absolute atomic E-state index is 13.8. The second-order valence-electron chi connectivity index (χ2n) is 10.5. The fourth-order valence-corrected chi connectivity index (χ4v) is 4.89. The molecule has 208 valence electrons. The summed E-state index contributed by atoms with van der Waals surface area (Å²) in [4.78, 5) is 31.3. The van der Waals surface area contributed by atoms with Crippen LogP contribution < -0.4 is 14.9 Å². The van der Waals surface area contributed by atoms with E-state index in [4.69, 9.17) is 35.5 Å². The molecule has 9 heteroatoms. The van der Waals surface area contributed by atoms with Gasteiger partial charge in [-0.15, -0.1) is 0 Å². The molecule has 0 spiro atoms. The first kappa shape index (κ1) is 28.6. The fraction of sp³-hybridized carbons (Fsp3) is 0.433. The number of carbonyl (C=O) groups is 1. The Bertz CT molecular complexity index is 1380. The molecular formula is C30H35ClN2O6. The summed E-state index contributed by atoms with van der Waals surface area (Å²) in [6.07, 6.45) is 2.88. The fourth-order valence-electron chi connectivity index (χ4n) is 4.69. The Morgan fingerprint density at radius 2 is 1.90 bits per heavy atom. The average molecular weight is 555 g/mol. The molecule has 0 aliphatic carbocycles. The topological polar surface area (TPSA) is 88.9 Å². The Morgan fingerprint density at radius 3 is 2.56 bits per heavy atom. The molecule has 4 rings (SSSR count). The molecule has 1 atom stereocenters. The first-order valence-corrected chi connectivity index (χ1v) is 13.5. The highest BCUT2D eigenvalue weighted by Crippen LogP contribution is 2.46. The minimum absolute atomic E-state index is 0.0388. The molecule has 3 aromatic rings. The molecule has 0 saturated heterocycles. The first-order chi connectivity index (χ1) is 18.7. The van der Waals surface area contributed by atoms with Gasteiger partial charge in [-0.2, -0.15) is 0 Å². The van der Waals surface area contributed by atoms with E-state index in [1.165, 1.54) is 0 Å². The molecule has 1 aliphatic rings. The molecule has 8 nitrogen and oxygen atoms in total. The van der Waals surface area contributed by atoms with Crippen LogP contribution >= 0.6 is 11.6 Å². The zero-order chi connectivity index (χ0) is 28.2. The molecule has 0 fully saturated rings. The second kappa shape index (κ2) is 12.2. The van der Waals surface area contributed by atoms with Crippen molar-refractivity contribution >= 4 is 17.6 Å². The van der Waals surface area contributed by atoms with Crippen LogP contribution in [-0.4, -0.2) is 42.5 Å². The van der Waals surface area contributed by atoms with E-state index in [1.54, 1.807) is 20.2 Å². The number of ether oxygens (including phenoxy) is 4. The highest BCUT2D eigenvalue weighted by molar-refractivity contribution is 6.31. The van der Waals surface area contributed by atoms with Gasteiger partial charge >= 0.3 is 5.97 Å². The van der Waals surface area contributed by atoms with Crippen LogP contribution in [0.1, 0.15) is 61.6 Å². The molecule has 0 bridgehead atoms. The predicted octanol–water partition coefficient (Wildman–Crippen LogP) is 5.88. The predicted molar refractivity (Wildman–Crippen MR) is 150 cm³/mol. The number of aromatic nitrogens is 2. The Hall–Kier alpha value is -3.36. The van der Waals surface area contributed by atoms with Crippen molar-refractivity contribution in [2.75, 3.05) is 26.9 Å². The van der Waals surface area contributed by atoms with Crippen LogP contribution in [0.15, 0.2) is 47.4 Å². The maximum Gasteiger partial charge on any atom is 0.343 e. The number of rotatable bonds is 10. The van der Waals surface area contributed by atoms with Gasteiger partial charge in [-0.3, -0.25) is 4.79 Å². The Kier molecular flexibility index (Phi) is 8.97. The number of hydrogen-bond donors (Lipinski definition) is 0. The molecule has 39 heavy (non-hydrogen) atoms. The minimum atomic E-state index is -0.688. The van der Waals surface area contributed by atoms with Crippen molar-refractivity contribution in [1.29, 1.82) is 0 Å². The van der Waals surface area contributed by atoms with Gasteiger partial charge in [0.15, 0.2) is 16.7 Å². The third-order valence-corrected chi connectivity index (χ3v) is 6.93. The highest BCUT2D eigenvalue weighted by atomic mass is 35.5. The zero-order valence-corrected chi connectivity index (χ0v) is 23.8. The molecule has 1 unspecified atom stereocenters. The summed E-state index contributed by atoms with van der Waals surface area (Å²) in [5.41, 5.74) is 1.90. The van der Waals surface area contributed by atoms with Crippen molar-refractivity contribution in [1.82, 2.24) is 9.55 Å². The summed E-state index contributed by atoms with van der Waals surface area (Å²) in [5.74, 6) is -0.173. The van der Waals surface area contributed by atoms with E-state index in [2.05, 4.69) is 20.8 Å². The zero-order valence-electron chi connectivity index (χ0n) is 23.1. The van der Waals surface area contributed by atoms with E-state index in [0.29, 0.717) is 43.2 Å². The van der Waals surface area contributed by atoms with Gasteiger partial charge in [0.05, 0.1) is 18.9 Å². The normalized spacial score (nSPS) is 14.4. The molecule has 3 heterocycles. The van der Waals surface area contributed by atoms with Crippen molar-refractivity contribution in [2.45, 2.75) is 53.2 Å². The van der Waals surface area contributed by atoms with Crippen LogP contribution in [0.25, 0.3) is 11.4 Å². The number of esters is 1. The first-order valence-electron chi connectivity index (χ1n) is 13.1. The minimum Gasteiger partial charge on any atom is -0.490 e. The molecule has 0 N–H and O–H groups in total. The summed E-state index contributed by atoms with van der Waals surface area (Å²) < 4.78 is 24.4. The number of benzene rings is 1. The Labute approximate surface area is 233 Å². The summed E-state index contributed by atoms with van der Waals surface area (Å²) in [7, 11) is 1.64. The number of halogens is 1. The standard InChI is InChI=1S/C30H35ClN2O6/c1-6-37-29(35)21-17-33-23(30(2,3)4)16-20-15-22(38-14-10-13-36-5)28(31)32-24(20)25(33)27(26(21)34)39-18-19-11-8-7-9-12-19/h7-9,11-12,15,17,23H,6,10,13-14,16,18H2,1-5H3. The van der Waals surface area contributed by atoms with Gasteiger partial charge in [0.1, 0.15) is 17.9 Å².